The molecule has 0 aliphatic carbocycles. The smallest absolute Gasteiger partial charge is 0.197 e. The fraction of sp³-hybridized carbons (Fsp3) is 0.0189. The summed E-state index contributed by atoms with van der Waals surface area (Å²) in [6.07, 6.45) is 0. The molecular formula is C53H30N6. The molecule has 0 atom stereocenters. The second-order valence-corrected chi connectivity index (χ2v) is 14.6. The van der Waals surface area contributed by atoms with Crippen molar-refractivity contribution in [3.05, 3.63) is 203 Å². The number of aromatic nitrogens is 2. The summed E-state index contributed by atoms with van der Waals surface area (Å²) in [7, 11) is 0. The Bertz CT molecular complexity index is 3570. The lowest BCUT2D eigenvalue weighted by Gasteiger charge is -2.20. The van der Waals surface area contributed by atoms with Crippen molar-refractivity contribution in [3.8, 4) is 56.9 Å². The van der Waals surface area contributed by atoms with E-state index in [9.17, 15) is 10.5 Å². The molecule has 2 aromatic heterocycles. The first kappa shape index (κ1) is 34.8. The number of fused-ring (bicyclic) bond motifs is 6. The van der Waals surface area contributed by atoms with Gasteiger partial charge < -0.3 is 9.13 Å². The van der Waals surface area contributed by atoms with E-state index in [4.69, 9.17) is 13.1 Å². The van der Waals surface area contributed by atoms with Gasteiger partial charge in [0.25, 0.3) is 0 Å². The molecule has 0 amide bonds. The molecule has 0 aliphatic rings. The summed E-state index contributed by atoms with van der Waals surface area (Å²) in [5, 5.41) is 24.3. The molecule has 0 saturated heterocycles. The molecule has 8 aromatic carbocycles. The molecule has 0 bridgehead atoms. The Morgan fingerprint density at radius 2 is 0.983 bits per heavy atom. The van der Waals surface area contributed by atoms with Crippen LogP contribution < -0.4 is 0 Å². The van der Waals surface area contributed by atoms with Crippen LogP contribution in [-0.4, -0.2) is 9.13 Å². The van der Waals surface area contributed by atoms with Gasteiger partial charge in [-0.25, -0.2) is 9.69 Å². The first-order chi connectivity index (χ1) is 29.0. The maximum atomic E-state index is 10.1. The zero-order valence-electron chi connectivity index (χ0n) is 31.8. The van der Waals surface area contributed by atoms with E-state index < -0.39 is 0 Å². The maximum absolute atomic E-state index is 10.1. The van der Waals surface area contributed by atoms with Crippen molar-refractivity contribution in [3.63, 3.8) is 0 Å². The standard InChI is InChI=1S/C53H30N6/c1-33-24-34(31-54)26-38(25-33)45-29-52(58-48-18-10-7-15-41(48)44-23-21-36(28-51(44)58)40-14-6-9-17-46(40)56-2)53(30-47(45)57-3)59-49-19-11-8-16-42(49)43-22-20-35(27-50(43)59)39-13-5-4-12-37(39)32-55/h4-30H,1H3. The Morgan fingerprint density at radius 1 is 0.441 bits per heavy atom. The lowest BCUT2D eigenvalue weighted by molar-refractivity contribution is 1.10. The first-order valence-electron chi connectivity index (χ1n) is 19.1. The molecular weight excluding hydrogens is 721 g/mol. The SMILES string of the molecule is [C-]#[N+]c1ccccc1-c1ccc2c3ccccc3n(-c3cc(-c4cc(C)cc(C#N)c4)c([N+]#[C-])cc3-n3c4ccccc4c4ccc(-c5ccccc5C#N)cc43)c2c1. The minimum atomic E-state index is 0.447. The fourth-order valence-corrected chi connectivity index (χ4v) is 8.69. The second kappa shape index (κ2) is 13.8. The van der Waals surface area contributed by atoms with E-state index >= 15 is 0 Å². The van der Waals surface area contributed by atoms with Crippen LogP contribution in [0.4, 0.5) is 11.4 Å². The number of hydrogen-bond acceptors (Lipinski definition) is 2. The Balaban J connectivity index is 1.38. The van der Waals surface area contributed by atoms with Gasteiger partial charge in [-0.15, -0.1) is 0 Å². The summed E-state index contributed by atoms with van der Waals surface area (Å²) in [6, 6.07) is 59.2. The molecule has 0 saturated carbocycles. The number of rotatable bonds is 5. The molecule has 6 heteroatoms. The van der Waals surface area contributed by atoms with E-state index in [1.54, 1.807) is 0 Å². The van der Waals surface area contributed by atoms with E-state index in [2.05, 4.69) is 97.7 Å². The molecule has 6 nitrogen and oxygen atoms in total. The Hall–Kier alpha value is -8.68. The van der Waals surface area contributed by atoms with Crippen molar-refractivity contribution in [2.45, 2.75) is 6.92 Å². The van der Waals surface area contributed by atoms with Crippen LogP contribution in [0.15, 0.2) is 164 Å². The Morgan fingerprint density at radius 3 is 1.61 bits per heavy atom. The predicted octanol–water partition coefficient (Wildman–Crippen LogP) is 14.0. The highest BCUT2D eigenvalue weighted by atomic mass is 15.1. The van der Waals surface area contributed by atoms with Gasteiger partial charge in [0.15, 0.2) is 11.4 Å². The monoisotopic (exact) mass is 750 g/mol. The van der Waals surface area contributed by atoms with E-state index in [0.29, 0.717) is 28.1 Å². The van der Waals surface area contributed by atoms with Crippen LogP contribution in [0.1, 0.15) is 16.7 Å². The van der Waals surface area contributed by atoms with Crippen molar-refractivity contribution in [1.82, 2.24) is 9.13 Å². The molecule has 0 N–H and O–H groups in total. The largest absolute Gasteiger partial charge is 0.308 e. The summed E-state index contributed by atoms with van der Waals surface area (Å²) in [5.41, 5.74) is 13.5. The number of benzene rings is 8. The maximum Gasteiger partial charge on any atom is 0.197 e. The van der Waals surface area contributed by atoms with Crippen LogP contribution in [0.2, 0.25) is 0 Å². The number of nitriles is 2. The number of para-hydroxylation sites is 3. The lowest BCUT2D eigenvalue weighted by atomic mass is 9.97. The highest BCUT2D eigenvalue weighted by Gasteiger charge is 2.23. The minimum Gasteiger partial charge on any atom is -0.308 e. The zero-order chi connectivity index (χ0) is 40.2. The van der Waals surface area contributed by atoms with Crippen LogP contribution in [-0.2, 0) is 0 Å². The van der Waals surface area contributed by atoms with Gasteiger partial charge in [-0.1, -0.05) is 109 Å². The Labute approximate surface area is 340 Å². The molecule has 2 heterocycles. The molecule has 10 aromatic rings. The van der Waals surface area contributed by atoms with Gasteiger partial charge in [-0.2, -0.15) is 10.5 Å². The van der Waals surface area contributed by atoms with Crippen molar-refractivity contribution in [2.75, 3.05) is 0 Å². The number of hydrogen-bond donors (Lipinski definition) is 0. The second-order valence-electron chi connectivity index (χ2n) is 14.6. The highest BCUT2D eigenvalue weighted by molar-refractivity contribution is 6.13. The van der Waals surface area contributed by atoms with Gasteiger partial charge in [-0.3, -0.25) is 0 Å². The van der Waals surface area contributed by atoms with Gasteiger partial charge >= 0.3 is 0 Å². The zero-order valence-corrected chi connectivity index (χ0v) is 31.8. The molecule has 10 rings (SSSR count). The van der Waals surface area contributed by atoms with Crippen molar-refractivity contribution in [2.24, 2.45) is 0 Å². The molecule has 0 aliphatic heterocycles. The summed E-state index contributed by atoms with van der Waals surface area (Å²) in [5.74, 6) is 0. The molecule has 0 radical (unpaired) electrons. The average Bonchev–Trinajstić information content (AvgIpc) is 3.80. The van der Waals surface area contributed by atoms with E-state index in [-0.39, 0.29) is 0 Å². The lowest BCUT2D eigenvalue weighted by Crippen LogP contribution is -2.04. The van der Waals surface area contributed by atoms with Crippen molar-refractivity contribution >= 4 is 55.0 Å². The predicted molar refractivity (Wildman–Crippen MR) is 238 cm³/mol. The topological polar surface area (TPSA) is 66.2 Å². The van der Waals surface area contributed by atoms with Crippen LogP contribution in [0.25, 0.3) is 98.1 Å². The molecule has 0 unspecified atom stereocenters. The van der Waals surface area contributed by atoms with Crippen LogP contribution in [0.5, 0.6) is 0 Å². The van der Waals surface area contributed by atoms with E-state index in [1.807, 2.05) is 104 Å². The Kier molecular flexibility index (Phi) is 8.14. The van der Waals surface area contributed by atoms with Gasteiger partial charge in [0, 0.05) is 21.5 Å². The molecule has 59 heavy (non-hydrogen) atoms. The molecule has 0 fully saturated rings. The fourth-order valence-electron chi connectivity index (χ4n) is 8.69. The van der Waals surface area contributed by atoms with Crippen molar-refractivity contribution in [1.29, 1.82) is 10.5 Å². The quantitative estimate of drug-likeness (QED) is 0.164. The third-order valence-corrected chi connectivity index (χ3v) is 11.3. The number of nitrogens with zero attached hydrogens (tertiary/aromatic N) is 6. The number of aryl methyl sites for hydroxylation is 1. The highest BCUT2D eigenvalue weighted by Crippen LogP contribution is 2.45. The van der Waals surface area contributed by atoms with Gasteiger partial charge in [0.05, 0.1) is 69.9 Å². The van der Waals surface area contributed by atoms with Gasteiger partial charge in [0.1, 0.15) is 0 Å². The van der Waals surface area contributed by atoms with Crippen LogP contribution >= 0.6 is 0 Å². The first-order valence-corrected chi connectivity index (χ1v) is 19.1. The average molecular weight is 751 g/mol. The summed E-state index contributed by atoms with van der Waals surface area (Å²) >= 11 is 0. The van der Waals surface area contributed by atoms with Gasteiger partial charge in [0.2, 0.25) is 0 Å². The molecule has 0 spiro atoms. The summed E-state index contributed by atoms with van der Waals surface area (Å²) in [6.45, 7) is 18.5. The third kappa shape index (κ3) is 5.53. The van der Waals surface area contributed by atoms with Crippen molar-refractivity contribution < 1.29 is 0 Å². The van der Waals surface area contributed by atoms with E-state index in [0.717, 1.165) is 88.4 Å². The summed E-state index contributed by atoms with van der Waals surface area (Å²) < 4.78 is 4.52. The minimum absolute atomic E-state index is 0.447. The van der Waals surface area contributed by atoms with Gasteiger partial charge in [-0.05, 0) is 100 Å². The van der Waals surface area contributed by atoms with Crippen LogP contribution in [0, 0.1) is 42.7 Å². The van der Waals surface area contributed by atoms with E-state index in [1.165, 1.54) is 0 Å². The summed E-state index contributed by atoms with van der Waals surface area (Å²) in [4.78, 5) is 8.00. The molecule has 272 valence electrons. The van der Waals surface area contributed by atoms with Crippen LogP contribution in [0.3, 0.4) is 0 Å². The third-order valence-electron chi connectivity index (χ3n) is 11.3. The normalized spacial score (nSPS) is 11.1.